The Morgan fingerprint density at radius 3 is 1.78 bits per heavy atom. The van der Waals surface area contributed by atoms with Crippen LogP contribution in [-0.4, -0.2) is 145 Å². The molecule has 41 heavy (non-hydrogen) atoms. The molecule has 3 heterocycles. The summed E-state index contributed by atoms with van der Waals surface area (Å²) in [6.07, 6.45) is 0. The summed E-state index contributed by atoms with van der Waals surface area (Å²) >= 11 is 0. The molecule has 1 amide bonds. The number of nitrogens with one attached hydrogen (secondary N) is 1. The van der Waals surface area contributed by atoms with E-state index < -0.39 is 0 Å². The van der Waals surface area contributed by atoms with Crippen molar-refractivity contribution in [1.29, 1.82) is 0 Å². The Labute approximate surface area is 243 Å². The summed E-state index contributed by atoms with van der Waals surface area (Å²) in [5, 5.41) is 3.50. The van der Waals surface area contributed by atoms with E-state index in [-0.39, 0.29) is 12.5 Å². The number of carbonyl (C=O) groups excluding carboxylic acids is 1. The van der Waals surface area contributed by atoms with Crippen molar-refractivity contribution in [3.05, 3.63) is 0 Å². The number of methoxy groups -OCH3 is 4. The summed E-state index contributed by atoms with van der Waals surface area (Å²) < 4.78 is 21.5. The summed E-state index contributed by atoms with van der Waals surface area (Å²) in [4.78, 5) is 40.6. The molecule has 230 valence electrons. The van der Waals surface area contributed by atoms with E-state index in [1.165, 1.54) is 0 Å². The maximum atomic E-state index is 12.8. The lowest BCUT2D eigenvalue weighted by Gasteiger charge is -2.34. The molecule has 1 aliphatic rings. The lowest BCUT2D eigenvalue weighted by Crippen LogP contribution is -2.49. The molecule has 0 radical (unpaired) electrons. The third-order valence-corrected chi connectivity index (χ3v) is 6.76. The molecule has 0 aromatic carbocycles. The van der Waals surface area contributed by atoms with Gasteiger partial charge >= 0.3 is 0 Å². The number of amides is 1. The molecule has 1 N–H and O–H groups in total. The quantitative estimate of drug-likeness (QED) is 0.270. The second-order valence-electron chi connectivity index (χ2n) is 10.4. The van der Waals surface area contributed by atoms with E-state index in [0.29, 0.717) is 113 Å². The average Bonchev–Trinajstić information content (AvgIpc) is 2.97. The predicted molar refractivity (Wildman–Crippen MR) is 160 cm³/mol. The van der Waals surface area contributed by atoms with Gasteiger partial charge in [0.15, 0.2) is 11.6 Å². The van der Waals surface area contributed by atoms with Gasteiger partial charge in [-0.15, -0.1) is 0 Å². The molecule has 3 rings (SSSR count). The van der Waals surface area contributed by atoms with Crippen molar-refractivity contribution < 1.29 is 23.7 Å². The SMILES string of the molecule is COCCN(CCOC)c1nc(N2CCN(C)C(=O)C2)c2nc(N(CCOC)CCOC)nc(NCC(C)C)c2n1. The molecule has 1 saturated heterocycles. The van der Waals surface area contributed by atoms with Crippen LogP contribution in [0.2, 0.25) is 0 Å². The number of anilines is 4. The van der Waals surface area contributed by atoms with Gasteiger partial charge in [-0.05, 0) is 5.92 Å². The topological polar surface area (TPSA) is 131 Å². The van der Waals surface area contributed by atoms with Crippen LogP contribution in [0.1, 0.15) is 13.8 Å². The van der Waals surface area contributed by atoms with Crippen molar-refractivity contribution in [2.45, 2.75) is 13.8 Å². The molecule has 2 aromatic heterocycles. The van der Waals surface area contributed by atoms with E-state index in [9.17, 15) is 4.79 Å². The number of piperazine rings is 1. The van der Waals surface area contributed by atoms with Crippen LogP contribution in [0, 0.1) is 5.92 Å². The maximum Gasteiger partial charge on any atom is 0.241 e. The molecule has 1 aliphatic heterocycles. The van der Waals surface area contributed by atoms with E-state index in [0.717, 1.165) is 0 Å². The molecular formula is C27H47N9O5. The molecule has 0 saturated carbocycles. The van der Waals surface area contributed by atoms with Gasteiger partial charge in [0.25, 0.3) is 0 Å². The second kappa shape index (κ2) is 16.4. The molecule has 0 unspecified atom stereocenters. The smallest absolute Gasteiger partial charge is 0.241 e. The second-order valence-corrected chi connectivity index (χ2v) is 10.4. The van der Waals surface area contributed by atoms with Gasteiger partial charge in [-0.1, -0.05) is 13.8 Å². The van der Waals surface area contributed by atoms with E-state index in [2.05, 4.69) is 19.2 Å². The fraction of sp³-hybridized carbons (Fsp3) is 0.741. The monoisotopic (exact) mass is 577 g/mol. The lowest BCUT2D eigenvalue weighted by atomic mass is 10.2. The van der Waals surface area contributed by atoms with Crippen LogP contribution in [0.25, 0.3) is 11.0 Å². The van der Waals surface area contributed by atoms with Gasteiger partial charge < -0.3 is 43.9 Å². The van der Waals surface area contributed by atoms with Crippen LogP contribution in [0.15, 0.2) is 0 Å². The van der Waals surface area contributed by atoms with Crippen LogP contribution in [0.4, 0.5) is 23.5 Å². The molecule has 0 atom stereocenters. The highest BCUT2D eigenvalue weighted by atomic mass is 16.5. The van der Waals surface area contributed by atoms with Gasteiger partial charge in [0.1, 0.15) is 11.0 Å². The summed E-state index contributed by atoms with van der Waals surface area (Å²) in [6.45, 7) is 10.7. The lowest BCUT2D eigenvalue weighted by molar-refractivity contribution is -0.129. The number of rotatable bonds is 18. The predicted octanol–water partition coefficient (Wildman–Crippen LogP) is 0.965. The molecule has 2 aromatic rings. The minimum atomic E-state index is 0.0226. The molecule has 0 bridgehead atoms. The first kappa shape index (κ1) is 32.4. The third-order valence-electron chi connectivity index (χ3n) is 6.76. The van der Waals surface area contributed by atoms with Crippen molar-refractivity contribution in [3.63, 3.8) is 0 Å². The van der Waals surface area contributed by atoms with Crippen LogP contribution in [0.5, 0.6) is 0 Å². The summed E-state index contributed by atoms with van der Waals surface area (Å²) in [7, 11) is 8.49. The first-order chi connectivity index (χ1) is 19.8. The van der Waals surface area contributed by atoms with Crippen molar-refractivity contribution in [2.75, 3.05) is 134 Å². The Morgan fingerprint density at radius 2 is 1.29 bits per heavy atom. The number of nitrogens with zero attached hydrogens (tertiary/aromatic N) is 8. The zero-order valence-electron chi connectivity index (χ0n) is 25.7. The van der Waals surface area contributed by atoms with Crippen molar-refractivity contribution in [3.8, 4) is 0 Å². The molecule has 1 fully saturated rings. The highest BCUT2D eigenvalue weighted by Crippen LogP contribution is 2.32. The standard InChI is InChI=1S/C27H47N9O5/c1-20(2)18-28-24-22-23(30-26(31-24)34(10-14-38-4)11-15-39-5)25(36-9-8-33(3)21(37)19-36)32-27(29-22)35(12-16-40-6)13-17-41-7/h20H,8-19H2,1-7H3,(H,28,30,31). The average molecular weight is 578 g/mol. The largest absolute Gasteiger partial charge is 0.383 e. The molecule has 0 spiro atoms. The van der Waals surface area contributed by atoms with Crippen molar-refractivity contribution >= 4 is 40.5 Å². The zero-order chi connectivity index (χ0) is 29.8. The minimum Gasteiger partial charge on any atom is -0.383 e. The number of fused-ring (bicyclic) bond motifs is 1. The fourth-order valence-electron chi connectivity index (χ4n) is 4.27. The Bertz CT molecular complexity index is 1090. The Balaban J connectivity index is 2.25. The Hall–Kier alpha value is -3.07. The van der Waals surface area contributed by atoms with Gasteiger partial charge in [0, 0.05) is 81.3 Å². The maximum absolute atomic E-state index is 12.8. The number of hydrogen-bond donors (Lipinski definition) is 1. The number of ether oxygens (including phenoxy) is 4. The van der Waals surface area contributed by atoms with Crippen LogP contribution in [0.3, 0.4) is 0 Å². The Kier molecular flexibility index (Phi) is 13.0. The van der Waals surface area contributed by atoms with Crippen LogP contribution < -0.4 is 20.0 Å². The van der Waals surface area contributed by atoms with E-state index >= 15 is 0 Å². The van der Waals surface area contributed by atoms with Gasteiger partial charge in [0.05, 0.1) is 33.0 Å². The van der Waals surface area contributed by atoms with E-state index in [1.54, 1.807) is 33.3 Å². The highest BCUT2D eigenvalue weighted by Gasteiger charge is 2.28. The van der Waals surface area contributed by atoms with Gasteiger partial charge in [-0.3, -0.25) is 4.79 Å². The third kappa shape index (κ3) is 8.96. The molecule has 14 heteroatoms. The Morgan fingerprint density at radius 1 is 0.780 bits per heavy atom. The normalized spacial score (nSPS) is 13.9. The fourth-order valence-corrected chi connectivity index (χ4v) is 4.27. The zero-order valence-corrected chi connectivity index (χ0v) is 25.7. The first-order valence-electron chi connectivity index (χ1n) is 14.1. The van der Waals surface area contributed by atoms with Crippen LogP contribution in [-0.2, 0) is 23.7 Å². The van der Waals surface area contributed by atoms with Crippen molar-refractivity contribution in [1.82, 2.24) is 24.8 Å². The number of hydrogen-bond acceptors (Lipinski definition) is 13. The number of carbonyl (C=O) groups is 1. The highest BCUT2D eigenvalue weighted by molar-refractivity contribution is 5.96. The van der Waals surface area contributed by atoms with Gasteiger partial charge in [-0.2, -0.15) is 9.97 Å². The molecule has 14 nitrogen and oxygen atoms in total. The number of likely N-dealkylation sites (N-methyl/N-ethyl adjacent to an activating group) is 1. The molecular weight excluding hydrogens is 530 g/mol. The minimum absolute atomic E-state index is 0.0226. The van der Waals surface area contributed by atoms with E-state index in [4.69, 9.17) is 38.9 Å². The summed E-state index contributed by atoms with van der Waals surface area (Å²) in [6, 6.07) is 0. The number of aromatic nitrogens is 4. The van der Waals surface area contributed by atoms with Gasteiger partial charge in [-0.25, -0.2) is 9.97 Å². The van der Waals surface area contributed by atoms with Crippen molar-refractivity contribution in [2.24, 2.45) is 5.92 Å². The van der Waals surface area contributed by atoms with Crippen LogP contribution >= 0.6 is 0 Å². The summed E-state index contributed by atoms with van der Waals surface area (Å²) in [5.41, 5.74) is 1.18. The van der Waals surface area contributed by atoms with Gasteiger partial charge in [0.2, 0.25) is 17.8 Å². The molecule has 0 aliphatic carbocycles. The summed E-state index contributed by atoms with van der Waals surface area (Å²) in [5.74, 6) is 2.63. The van der Waals surface area contributed by atoms with E-state index in [1.807, 2.05) is 21.7 Å². The first-order valence-corrected chi connectivity index (χ1v) is 14.1.